The summed E-state index contributed by atoms with van der Waals surface area (Å²) in [6.07, 6.45) is 0. The number of aromatic nitrogens is 3. The number of para-hydroxylation sites is 1. The van der Waals surface area contributed by atoms with E-state index >= 15 is 0 Å². The summed E-state index contributed by atoms with van der Waals surface area (Å²) in [5, 5.41) is 6.47. The van der Waals surface area contributed by atoms with Crippen LogP contribution in [0.1, 0.15) is 6.92 Å². The molecule has 1 atom stereocenters. The number of benzene rings is 1. The second kappa shape index (κ2) is 4.54. The van der Waals surface area contributed by atoms with E-state index in [0.717, 1.165) is 0 Å². The third-order valence-corrected chi connectivity index (χ3v) is 4.90. The van der Waals surface area contributed by atoms with E-state index in [-0.39, 0.29) is 11.0 Å². The molecule has 1 aromatic carbocycles. The number of rotatable bonds is 3. The summed E-state index contributed by atoms with van der Waals surface area (Å²) in [5.41, 5.74) is 1.06. The standard InChI is InChI=1S/C10H10ClN3O2S/c1-7(6-11)17(15,16)10-12-8-4-2-3-5-9(8)13-14-10/h2-5,7H,6H2,1H3. The predicted molar refractivity (Wildman–Crippen MR) is 64.7 cm³/mol. The third-order valence-electron chi connectivity index (χ3n) is 2.34. The predicted octanol–water partition coefficient (Wildman–Crippen LogP) is 1.43. The molecule has 2 rings (SSSR count). The zero-order valence-electron chi connectivity index (χ0n) is 9.04. The van der Waals surface area contributed by atoms with Crippen LogP contribution >= 0.6 is 11.6 Å². The van der Waals surface area contributed by atoms with Crippen LogP contribution in [0.25, 0.3) is 11.0 Å². The SMILES string of the molecule is CC(CCl)S(=O)(=O)c1nnc2ccccc2n1. The summed E-state index contributed by atoms with van der Waals surface area (Å²) in [4.78, 5) is 4.00. The van der Waals surface area contributed by atoms with E-state index in [4.69, 9.17) is 11.6 Å². The molecule has 0 bridgehead atoms. The maximum Gasteiger partial charge on any atom is 0.268 e. The summed E-state index contributed by atoms with van der Waals surface area (Å²) in [5.74, 6) is -0.00147. The minimum atomic E-state index is -3.60. The minimum absolute atomic E-state index is 0.00147. The van der Waals surface area contributed by atoms with Crippen molar-refractivity contribution in [3.63, 3.8) is 0 Å². The number of hydrogen-bond donors (Lipinski definition) is 0. The third kappa shape index (κ3) is 2.23. The number of halogens is 1. The molecule has 0 aliphatic rings. The van der Waals surface area contributed by atoms with Gasteiger partial charge < -0.3 is 0 Å². The van der Waals surface area contributed by atoms with Crippen molar-refractivity contribution in [3.8, 4) is 0 Å². The molecule has 1 heterocycles. The van der Waals surface area contributed by atoms with Gasteiger partial charge in [0.2, 0.25) is 9.84 Å². The average molecular weight is 272 g/mol. The van der Waals surface area contributed by atoms with E-state index in [1.807, 2.05) is 0 Å². The molecule has 0 saturated carbocycles. The molecular weight excluding hydrogens is 262 g/mol. The van der Waals surface area contributed by atoms with Crippen molar-refractivity contribution in [2.24, 2.45) is 0 Å². The first-order valence-electron chi connectivity index (χ1n) is 4.95. The van der Waals surface area contributed by atoms with Crippen LogP contribution in [-0.4, -0.2) is 34.7 Å². The van der Waals surface area contributed by atoms with Gasteiger partial charge in [-0.15, -0.1) is 21.8 Å². The molecule has 0 radical (unpaired) electrons. The zero-order valence-corrected chi connectivity index (χ0v) is 10.6. The van der Waals surface area contributed by atoms with Crippen LogP contribution in [0.4, 0.5) is 0 Å². The summed E-state index contributed by atoms with van der Waals surface area (Å²) < 4.78 is 23.9. The molecule has 17 heavy (non-hydrogen) atoms. The molecule has 0 saturated heterocycles. The Labute approximate surface area is 104 Å². The minimum Gasteiger partial charge on any atom is -0.220 e. The molecule has 0 fully saturated rings. The van der Waals surface area contributed by atoms with Gasteiger partial charge in [0, 0.05) is 5.88 Å². The molecule has 1 unspecified atom stereocenters. The monoisotopic (exact) mass is 271 g/mol. The highest BCUT2D eigenvalue weighted by Crippen LogP contribution is 2.14. The van der Waals surface area contributed by atoms with E-state index in [1.54, 1.807) is 24.3 Å². The van der Waals surface area contributed by atoms with Crippen molar-refractivity contribution < 1.29 is 8.42 Å². The lowest BCUT2D eigenvalue weighted by molar-refractivity contribution is 0.576. The Morgan fingerprint density at radius 3 is 2.53 bits per heavy atom. The van der Waals surface area contributed by atoms with E-state index in [2.05, 4.69) is 15.2 Å². The lowest BCUT2D eigenvalue weighted by Gasteiger charge is -2.07. The normalized spacial score (nSPS) is 13.8. The van der Waals surface area contributed by atoms with E-state index in [0.29, 0.717) is 11.0 Å². The van der Waals surface area contributed by atoms with Gasteiger partial charge in [-0.05, 0) is 19.1 Å². The van der Waals surface area contributed by atoms with Gasteiger partial charge in [0.1, 0.15) is 5.52 Å². The van der Waals surface area contributed by atoms with Crippen molar-refractivity contribution in [2.45, 2.75) is 17.3 Å². The van der Waals surface area contributed by atoms with Crippen LogP contribution < -0.4 is 0 Å². The van der Waals surface area contributed by atoms with Gasteiger partial charge in [-0.1, -0.05) is 12.1 Å². The Bertz CT molecular complexity index is 645. The summed E-state index contributed by atoms with van der Waals surface area (Å²) in [6, 6.07) is 6.96. The van der Waals surface area contributed by atoms with Crippen LogP contribution in [0.2, 0.25) is 0 Å². The van der Waals surface area contributed by atoms with Gasteiger partial charge in [-0.2, -0.15) is 0 Å². The molecule has 0 spiro atoms. The first-order chi connectivity index (χ1) is 8.05. The smallest absolute Gasteiger partial charge is 0.220 e. The maximum absolute atomic E-state index is 12.0. The van der Waals surface area contributed by atoms with Gasteiger partial charge >= 0.3 is 0 Å². The fourth-order valence-electron chi connectivity index (χ4n) is 1.25. The van der Waals surface area contributed by atoms with Crippen molar-refractivity contribution >= 4 is 32.5 Å². The molecule has 7 heteroatoms. The van der Waals surface area contributed by atoms with Crippen molar-refractivity contribution in [3.05, 3.63) is 24.3 Å². The van der Waals surface area contributed by atoms with Crippen LogP contribution in [-0.2, 0) is 9.84 Å². The van der Waals surface area contributed by atoms with E-state index in [1.165, 1.54) is 6.92 Å². The number of nitrogens with zero attached hydrogens (tertiary/aromatic N) is 3. The number of fused-ring (bicyclic) bond motifs is 1. The topological polar surface area (TPSA) is 72.8 Å². The lowest BCUT2D eigenvalue weighted by Crippen LogP contribution is -2.22. The lowest BCUT2D eigenvalue weighted by atomic mass is 10.3. The average Bonchev–Trinajstić information content (AvgIpc) is 2.37. The number of hydrogen-bond acceptors (Lipinski definition) is 5. The summed E-state index contributed by atoms with van der Waals surface area (Å²) >= 11 is 5.55. The highest BCUT2D eigenvalue weighted by Gasteiger charge is 2.26. The van der Waals surface area contributed by atoms with Crippen LogP contribution in [0.5, 0.6) is 0 Å². The Morgan fingerprint density at radius 1 is 1.24 bits per heavy atom. The molecule has 0 amide bonds. The molecule has 0 aliphatic carbocycles. The molecule has 90 valence electrons. The van der Waals surface area contributed by atoms with Crippen LogP contribution in [0.15, 0.2) is 29.4 Å². The van der Waals surface area contributed by atoms with Gasteiger partial charge in [0.05, 0.1) is 10.8 Å². The summed E-state index contributed by atoms with van der Waals surface area (Å²) in [7, 11) is -3.60. The Hall–Kier alpha value is -1.27. The molecule has 0 N–H and O–H groups in total. The highest BCUT2D eigenvalue weighted by atomic mass is 35.5. The van der Waals surface area contributed by atoms with Crippen molar-refractivity contribution in [1.82, 2.24) is 15.2 Å². The van der Waals surface area contributed by atoms with Gasteiger partial charge in [-0.25, -0.2) is 13.4 Å². The first-order valence-corrected chi connectivity index (χ1v) is 7.03. The highest BCUT2D eigenvalue weighted by molar-refractivity contribution is 7.91. The largest absolute Gasteiger partial charge is 0.268 e. The molecule has 0 aliphatic heterocycles. The second-order valence-electron chi connectivity index (χ2n) is 3.59. The summed E-state index contributed by atoms with van der Waals surface area (Å²) in [6.45, 7) is 1.51. The zero-order chi connectivity index (χ0) is 12.5. The van der Waals surface area contributed by atoms with Crippen molar-refractivity contribution in [2.75, 3.05) is 5.88 Å². The maximum atomic E-state index is 12.0. The Morgan fingerprint density at radius 2 is 1.88 bits per heavy atom. The van der Waals surface area contributed by atoms with Gasteiger partial charge in [0.25, 0.3) is 5.16 Å². The number of alkyl halides is 1. The molecule has 5 nitrogen and oxygen atoms in total. The number of sulfone groups is 1. The van der Waals surface area contributed by atoms with Crippen LogP contribution in [0.3, 0.4) is 0 Å². The molecule has 1 aromatic heterocycles. The molecular formula is C10H10ClN3O2S. The van der Waals surface area contributed by atoms with Gasteiger partial charge in [0.15, 0.2) is 0 Å². The van der Waals surface area contributed by atoms with Crippen molar-refractivity contribution in [1.29, 1.82) is 0 Å². The molecule has 2 aromatic rings. The second-order valence-corrected chi connectivity index (χ2v) is 6.16. The Kier molecular flexibility index (Phi) is 3.26. The fourth-order valence-corrected chi connectivity index (χ4v) is 2.65. The first kappa shape index (κ1) is 12.2. The van der Waals surface area contributed by atoms with Gasteiger partial charge in [-0.3, -0.25) is 0 Å². The Balaban J connectivity index is 2.57. The van der Waals surface area contributed by atoms with E-state index in [9.17, 15) is 8.42 Å². The quantitative estimate of drug-likeness (QED) is 0.790. The van der Waals surface area contributed by atoms with Crippen LogP contribution in [0, 0.1) is 0 Å². The van der Waals surface area contributed by atoms with E-state index < -0.39 is 15.1 Å². The fraction of sp³-hybridized carbons (Fsp3) is 0.300.